The Labute approximate surface area is 142 Å². The molecular formula is C14H7BrN2O6S. The van der Waals surface area contributed by atoms with Gasteiger partial charge < -0.3 is 5.73 Å². The molecule has 2 aromatic carbocycles. The van der Waals surface area contributed by atoms with E-state index < -0.39 is 52.2 Å². The van der Waals surface area contributed by atoms with Crippen LogP contribution in [0, 0.1) is 10.1 Å². The third-order valence-electron chi connectivity index (χ3n) is 3.64. The minimum atomic E-state index is -4.12. The number of carbonyl (C=O) groups is 2. The first-order chi connectivity index (χ1) is 11.1. The van der Waals surface area contributed by atoms with Gasteiger partial charge in [0.25, 0.3) is 5.69 Å². The van der Waals surface area contributed by atoms with E-state index >= 15 is 0 Å². The highest BCUT2D eigenvalue weighted by molar-refractivity contribution is 9.47. The van der Waals surface area contributed by atoms with Gasteiger partial charge >= 0.3 is 0 Å². The number of benzene rings is 2. The number of carbonyl (C=O) groups excluding carboxylic acids is 2. The summed E-state index contributed by atoms with van der Waals surface area (Å²) in [5.74, 6) is -1.49. The number of nitrogens with two attached hydrogens (primary N) is 1. The van der Waals surface area contributed by atoms with Crippen LogP contribution >= 0.6 is 14.8 Å². The summed E-state index contributed by atoms with van der Waals surface area (Å²) in [4.78, 5) is 35.1. The van der Waals surface area contributed by atoms with Gasteiger partial charge in [0.1, 0.15) is 10.5 Å². The number of hydrogen-bond acceptors (Lipinski definition) is 7. The van der Waals surface area contributed by atoms with Gasteiger partial charge in [-0.3, -0.25) is 19.7 Å². The second kappa shape index (κ2) is 5.21. The average Bonchev–Trinajstić information content (AvgIpc) is 2.50. The van der Waals surface area contributed by atoms with Crippen LogP contribution in [0.2, 0.25) is 0 Å². The van der Waals surface area contributed by atoms with E-state index in [0.29, 0.717) is 6.07 Å². The zero-order valence-corrected chi connectivity index (χ0v) is 14.0. The quantitative estimate of drug-likeness (QED) is 0.295. The number of nitro groups is 1. The SMILES string of the molecule is Nc1c(S(=O)(=O)Br)cc([N+](=O)[O-])c2c1C(=O)c1ccccc1C2=O. The van der Waals surface area contributed by atoms with Gasteiger partial charge in [-0.2, -0.15) is 0 Å². The van der Waals surface area contributed by atoms with Crippen LogP contribution in [-0.4, -0.2) is 24.9 Å². The van der Waals surface area contributed by atoms with Crippen LogP contribution in [0.5, 0.6) is 0 Å². The third-order valence-corrected chi connectivity index (χ3v) is 5.55. The highest BCUT2D eigenvalue weighted by Gasteiger charge is 2.39. The van der Waals surface area contributed by atoms with Gasteiger partial charge in [-0.1, -0.05) is 24.3 Å². The highest BCUT2D eigenvalue weighted by atomic mass is 79.9. The molecule has 0 atom stereocenters. The lowest BCUT2D eigenvalue weighted by Gasteiger charge is -2.19. The molecule has 0 aliphatic heterocycles. The maximum absolute atomic E-state index is 12.7. The number of anilines is 1. The minimum absolute atomic E-state index is 0.00643. The summed E-state index contributed by atoms with van der Waals surface area (Å²) >= 11 is 2.39. The summed E-state index contributed by atoms with van der Waals surface area (Å²) in [6.07, 6.45) is 0. The number of nitrogen functional groups attached to an aromatic ring is 1. The van der Waals surface area contributed by atoms with E-state index in [1.165, 1.54) is 24.3 Å². The fraction of sp³-hybridized carbons (Fsp3) is 0. The number of fused-ring (bicyclic) bond motifs is 2. The summed E-state index contributed by atoms with van der Waals surface area (Å²) in [7, 11) is -4.12. The zero-order chi connectivity index (χ0) is 17.8. The van der Waals surface area contributed by atoms with Crippen molar-refractivity contribution in [2.24, 2.45) is 0 Å². The minimum Gasteiger partial charge on any atom is -0.397 e. The number of nitro benzene ring substituents is 1. The lowest BCUT2D eigenvalue weighted by molar-refractivity contribution is -0.385. The van der Waals surface area contributed by atoms with E-state index in [9.17, 15) is 28.1 Å². The van der Waals surface area contributed by atoms with E-state index in [0.717, 1.165) is 0 Å². The molecule has 0 heterocycles. The van der Waals surface area contributed by atoms with Crippen molar-refractivity contribution < 1.29 is 22.9 Å². The molecule has 2 aromatic rings. The Balaban J connectivity index is 2.50. The van der Waals surface area contributed by atoms with Crippen LogP contribution in [0.25, 0.3) is 0 Å². The smallest absolute Gasteiger partial charge is 0.282 e. The molecule has 0 radical (unpaired) electrons. The summed E-state index contributed by atoms with van der Waals surface area (Å²) < 4.78 is 23.5. The Morgan fingerprint density at radius 1 is 1.04 bits per heavy atom. The van der Waals surface area contributed by atoms with Crippen molar-refractivity contribution in [3.8, 4) is 0 Å². The predicted molar refractivity (Wildman–Crippen MR) is 86.9 cm³/mol. The van der Waals surface area contributed by atoms with Gasteiger partial charge in [-0.05, 0) is 0 Å². The van der Waals surface area contributed by atoms with Gasteiger partial charge in [-0.25, -0.2) is 8.42 Å². The summed E-state index contributed by atoms with van der Waals surface area (Å²) in [6.45, 7) is 0. The first-order valence-corrected chi connectivity index (χ1v) is 9.71. The molecule has 24 heavy (non-hydrogen) atoms. The van der Waals surface area contributed by atoms with Crippen molar-refractivity contribution >= 4 is 46.0 Å². The first-order valence-electron chi connectivity index (χ1n) is 6.38. The maximum Gasteiger partial charge on any atom is 0.282 e. The molecule has 0 unspecified atom stereocenters. The maximum atomic E-state index is 12.7. The Morgan fingerprint density at radius 2 is 1.54 bits per heavy atom. The Hall–Kier alpha value is -2.59. The van der Waals surface area contributed by atoms with E-state index in [1.54, 1.807) is 0 Å². The topological polar surface area (TPSA) is 137 Å². The van der Waals surface area contributed by atoms with Crippen molar-refractivity contribution in [2.75, 3.05) is 5.73 Å². The summed E-state index contributed by atoms with van der Waals surface area (Å²) in [5, 5.41) is 11.3. The number of nitrogens with zero attached hydrogens (tertiary/aromatic N) is 1. The van der Waals surface area contributed by atoms with Crippen LogP contribution in [0.3, 0.4) is 0 Å². The standard InChI is InChI=1S/C14H7BrN2O6S/c15-24(22,23)9-5-8(17(20)21)10-11(12(9)16)14(19)7-4-2-1-3-6(7)13(10)18/h1-5H,16H2. The molecule has 0 bridgehead atoms. The fourth-order valence-electron chi connectivity index (χ4n) is 2.62. The van der Waals surface area contributed by atoms with E-state index in [4.69, 9.17) is 5.73 Å². The van der Waals surface area contributed by atoms with Crippen LogP contribution in [0.15, 0.2) is 35.2 Å². The van der Waals surface area contributed by atoms with E-state index in [2.05, 4.69) is 14.8 Å². The van der Waals surface area contributed by atoms with Crippen LogP contribution < -0.4 is 5.73 Å². The lowest BCUT2D eigenvalue weighted by Crippen LogP contribution is -2.24. The number of rotatable bonds is 2. The molecule has 0 amide bonds. The molecule has 1 aliphatic carbocycles. The molecule has 0 fully saturated rings. The molecule has 8 nitrogen and oxygen atoms in total. The number of hydrogen-bond donors (Lipinski definition) is 1. The molecule has 0 aromatic heterocycles. The van der Waals surface area contributed by atoms with Crippen molar-refractivity contribution in [1.82, 2.24) is 0 Å². The monoisotopic (exact) mass is 410 g/mol. The van der Waals surface area contributed by atoms with Crippen molar-refractivity contribution in [2.45, 2.75) is 4.90 Å². The van der Waals surface area contributed by atoms with Gasteiger partial charge in [0.2, 0.25) is 14.1 Å². The molecular weight excluding hydrogens is 404 g/mol. The highest BCUT2D eigenvalue weighted by Crippen LogP contribution is 2.40. The molecule has 3 rings (SSSR count). The molecule has 0 saturated carbocycles. The molecule has 1 aliphatic rings. The third kappa shape index (κ3) is 2.22. The largest absolute Gasteiger partial charge is 0.397 e. The van der Waals surface area contributed by atoms with E-state index in [1.807, 2.05) is 0 Å². The fourth-order valence-corrected chi connectivity index (χ4v) is 4.04. The number of ketones is 2. The van der Waals surface area contributed by atoms with Gasteiger partial charge in [0.15, 0.2) is 5.78 Å². The van der Waals surface area contributed by atoms with E-state index in [-0.39, 0.29) is 11.1 Å². The predicted octanol–water partition coefficient (Wildman–Crippen LogP) is 2.04. The lowest BCUT2D eigenvalue weighted by atomic mass is 9.82. The first kappa shape index (κ1) is 16.3. The Morgan fingerprint density at radius 3 is 2.00 bits per heavy atom. The number of halogens is 1. The molecule has 10 heteroatoms. The molecule has 2 N–H and O–H groups in total. The molecule has 0 spiro atoms. The van der Waals surface area contributed by atoms with Crippen molar-refractivity contribution in [3.05, 3.63) is 62.7 Å². The zero-order valence-electron chi connectivity index (χ0n) is 11.6. The Bertz CT molecular complexity index is 1060. The second-order valence-corrected chi connectivity index (χ2v) is 8.83. The van der Waals surface area contributed by atoms with Crippen molar-refractivity contribution in [1.29, 1.82) is 0 Å². The second-order valence-electron chi connectivity index (χ2n) is 4.96. The van der Waals surface area contributed by atoms with Gasteiger partial charge in [0.05, 0.1) is 31.0 Å². The summed E-state index contributed by atoms with van der Waals surface area (Å²) in [6, 6.07) is 6.45. The normalized spacial score (nSPS) is 13.4. The van der Waals surface area contributed by atoms with Gasteiger partial charge in [-0.15, -0.1) is 0 Å². The molecule has 122 valence electrons. The van der Waals surface area contributed by atoms with Crippen LogP contribution in [-0.2, 0) is 8.27 Å². The summed E-state index contributed by atoms with van der Waals surface area (Å²) in [5.41, 5.74) is 3.53. The van der Waals surface area contributed by atoms with Crippen LogP contribution in [0.4, 0.5) is 11.4 Å². The average molecular weight is 411 g/mol. The Kier molecular flexibility index (Phi) is 3.53. The van der Waals surface area contributed by atoms with Crippen LogP contribution in [0.1, 0.15) is 31.8 Å². The van der Waals surface area contributed by atoms with Gasteiger partial charge in [0, 0.05) is 17.2 Å². The molecule has 0 saturated heterocycles. The van der Waals surface area contributed by atoms with Crippen molar-refractivity contribution in [3.63, 3.8) is 0 Å².